The second-order valence-corrected chi connectivity index (χ2v) is 6.35. The van der Waals surface area contributed by atoms with Crippen LogP contribution in [0.3, 0.4) is 0 Å². The maximum atomic E-state index is 12.7. The van der Waals surface area contributed by atoms with Crippen molar-refractivity contribution in [1.29, 1.82) is 0 Å². The Morgan fingerprint density at radius 2 is 1.76 bits per heavy atom. The van der Waals surface area contributed by atoms with Crippen molar-refractivity contribution in [3.63, 3.8) is 0 Å². The summed E-state index contributed by atoms with van der Waals surface area (Å²) < 4.78 is 21.6. The maximum Gasteiger partial charge on any atom is 0.265 e. The number of rotatable bonds is 9. The van der Waals surface area contributed by atoms with Crippen LogP contribution >= 0.6 is 0 Å². The maximum absolute atomic E-state index is 12.7. The number of anilines is 1. The van der Waals surface area contributed by atoms with E-state index >= 15 is 0 Å². The molecule has 0 saturated carbocycles. The molecule has 0 bridgehead atoms. The van der Waals surface area contributed by atoms with Gasteiger partial charge in [-0.2, -0.15) is 0 Å². The van der Waals surface area contributed by atoms with Gasteiger partial charge in [0.15, 0.2) is 0 Å². The number of hydrogen-bond donors (Lipinski definition) is 1. The summed E-state index contributed by atoms with van der Waals surface area (Å²) in [7, 11) is 2.99. The van der Waals surface area contributed by atoms with Crippen LogP contribution in [0, 0.1) is 0 Å². The molecular weight excluding hydrogens is 372 g/mol. The Labute approximate surface area is 169 Å². The molecule has 29 heavy (non-hydrogen) atoms. The molecule has 3 rings (SSSR count). The van der Waals surface area contributed by atoms with Gasteiger partial charge in [-0.15, -0.1) is 0 Å². The van der Waals surface area contributed by atoms with Gasteiger partial charge >= 0.3 is 0 Å². The predicted octanol–water partition coefficient (Wildman–Crippen LogP) is 4.26. The zero-order valence-corrected chi connectivity index (χ0v) is 16.7. The van der Waals surface area contributed by atoms with Crippen LogP contribution in [0.15, 0.2) is 59.1 Å². The molecule has 1 aromatic heterocycles. The standard InChI is InChI=1S/C22H24N2O5/c1-15(16-8-5-4-6-9-16)28-13-12-17-14-20(29-24-17)23-22(25)21-18(26-2)10-7-11-19(21)27-3/h4-11,14-15H,12-13H2,1-3H3,(H,23,25). The van der Waals surface area contributed by atoms with E-state index in [2.05, 4.69) is 10.5 Å². The first-order valence-electron chi connectivity index (χ1n) is 9.27. The highest BCUT2D eigenvalue weighted by atomic mass is 16.5. The average molecular weight is 396 g/mol. The average Bonchev–Trinajstić information content (AvgIpc) is 3.20. The van der Waals surface area contributed by atoms with Gasteiger partial charge in [0.05, 0.1) is 32.6 Å². The van der Waals surface area contributed by atoms with Crippen molar-refractivity contribution in [3.8, 4) is 11.5 Å². The lowest BCUT2D eigenvalue weighted by molar-refractivity contribution is 0.0673. The molecule has 7 nitrogen and oxygen atoms in total. The van der Waals surface area contributed by atoms with Crippen molar-refractivity contribution in [3.05, 3.63) is 71.4 Å². The van der Waals surface area contributed by atoms with Gasteiger partial charge in [0.1, 0.15) is 17.1 Å². The van der Waals surface area contributed by atoms with Crippen LogP contribution in [0.25, 0.3) is 0 Å². The van der Waals surface area contributed by atoms with Crippen molar-refractivity contribution in [2.75, 3.05) is 26.1 Å². The van der Waals surface area contributed by atoms with E-state index in [1.165, 1.54) is 14.2 Å². The van der Waals surface area contributed by atoms with Crippen molar-refractivity contribution in [1.82, 2.24) is 5.16 Å². The minimum absolute atomic E-state index is 0.0136. The highest BCUT2D eigenvalue weighted by Crippen LogP contribution is 2.29. The molecule has 7 heteroatoms. The number of ether oxygens (including phenoxy) is 3. The molecule has 1 unspecified atom stereocenters. The quantitative estimate of drug-likeness (QED) is 0.582. The van der Waals surface area contributed by atoms with Gasteiger partial charge in [0.2, 0.25) is 5.88 Å². The highest BCUT2D eigenvalue weighted by molar-refractivity contribution is 6.07. The number of carbonyl (C=O) groups excluding carboxylic acids is 1. The molecule has 1 amide bonds. The third kappa shape index (κ3) is 5.14. The fourth-order valence-corrected chi connectivity index (χ4v) is 2.90. The van der Waals surface area contributed by atoms with Gasteiger partial charge in [0.25, 0.3) is 5.91 Å². The molecule has 1 heterocycles. The van der Waals surface area contributed by atoms with Gasteiger partial charge in [-0.3, -0.25) is 10.1 Å². The van der Waals surface area contributed by atoms with Crippen molar-refractivity contribution < 1.29 is 23.5 Å². The van der Waals surface area contributed by atoms with Gasteiger partial charge < -0.3 is 18.7 Å². The summed E-state index contributed by atoms with van der Waals surface area (Å²) in [5.41, 5.74) is 2.09. The Kier molecular flexibility index (Phi) is 6.86. The molecule has 0 aliphatic rings. The predicted molar refractivity (Wildman–Crippen MR) is 109 cm³/mol. The Morgan fingerprint density at radius 3 is 2.41 bits per heavy atom. The lowest BCUT2D eigenvalue weighted by atomic mass is 10.1. The Balaban J connectivity index is 1.57. The molecule has 0 saturated heterocycles. The lowest BCUT2D eigenvalue weighted by Crippen LogP contribution is -2.14. The monoisotopic (exact) mass is 396 g/mol. The van der Waals surface area contributed by atoms with Gasteiger partial charge in [-0.05, 0) is 24.6 Å². The largest absolute Gasteiger partial charge is 0.496 e. The second-order valence-electron chi connectivity index (χ2n) is 6.35. The summed E-state index contributed by atoms with van der Waals surface area (Å²) in [4.78, 5) is 12.7. The van der Waals surface area contributed by atoms with Crippen LogP contribution in [-0.2, 0) is 11.2 Å². The van der Waals surface area contributed by atoms with Crippen LogP contribution < -0.4 is 14.8 Å². The van der Waals surface area contributed by atoms with Gasteiger partial charge in [-0.1, -0.05) is 41.6 Å². The number of carbonyl (C=O) groups is 1. The highest BCUT2D eigenvalue weighted by Gasteiger charge is 2.20. The van der Waals surface area contributed by atoms with E-state index in [-0.39, 0.29) is 17.6 Å². The molecule has 152 valence electrons. The first-order valence-corrected chi connectivity index (χ1v) is 9.27. The number of hydrogen-bond acceptors (Lipinski definition) is 6. The summed E-state index contributed by atoms with van der Waals surface area (Å²) in [6.45, 7) is 2.49. The summed E-state index contributed by atoms with van der Waals surface area (Å²) in [5, 5.41) is 6.67. The first kappa shape index (κ1) is 20.4. The van der Waals surface area contributed by atoms with Crippen molar-refractivity contribution >= 4 is 11.8 Å². The molecule has 0 fully saturated rings. The van der Waals surface area contributed by atoms with Crippen LogP contribution in [0.5, 0.6) is 11.5 Å². The van der Waals surface area contributed by atoms with Crippen molar-refractivity contribution in [2.24, 2.45) is 0 Å². The fourth-order valence-electron chi connectivity index (χ4n) is 2.90. The molecule has 1 N–H and O–H groups in total. The topological polar surface area (TPSA) is 82.8 Å². The molecule has 0 spiro atoms. The van der Waals surface area contributed by atoms with E-state index < -0.39 is 5.91 Å². The summed E-state index contributed by atoms with van der Waals surface area (Å²) in [5.74, 6) is 0.653. The van der Waals surface area contributed by atoms with Crippen LogP contribution in [0.1, 0.15) is 34.6 Å². The molecule has 0 radical (unpaired) electrons. The molecular formula is C22H24N2O5. The number of benzene rings is 2. The van der Waals surface area contributed by atoms with Gasteiger partial charge in [0, 0.05) is 12.5 Å². The molecule has 1 atom stereocenters. The van der Waals surface area contributed by atoms with E-state index in [0.717, 1.165) is 5.56 Å². The van der Waals surface area contributed by atoms with Crippen LogP contribution in [0.4, 0.5) is 5.88 Å². The zero-order valence-electron chi connectivity index (χ0n) is 16.7. The Bertz CT molecular complexity index is 917. The van der Waals surface area contributed by atoms with E-state index in [9.17, 15) is 4.79 Å². The Hall–Kier alpha value is -3.32. The number of aromatic nitrogens is 1. The van der Waals surface area contributed by atoms with E-state index in [1.807, 2.05) is 37.3 Å². The van der Waals surface area contributed by atoms with E-state index in [0.29, 0.717) is 30.2 Å². The third-order valence-corrected chi connectivity index (χ3v) is 4.45. The number of nitrogens with one attached hydrogen (secondary N) is 1. The molecule has 3 aromatic rings. The minimum atomic E-state index is -0.407. The van der Waals surface area contributed by atoms with Crippen LogP contribution in [-0.4, -0.2) is 31.9 Å². The third-order valence-electron chi connectivity index (χ3n) is 4.45. The van der Waals surface area contributed by atoms with E-state index in [4.69, 9.17) is 18.7 Å². The number of methoxy groups -OCH3 is 2. The molecule has 0 aliphatic carbocycles. The minimum Gasteiger partial charge on any atom is -0.496 e. The Morgan fingerprint density at radius 1 is 1.07 bits per heavy atom. The number of nitrogens with zero attached hydrogens (tertiary/aromatic N) is 1. The summed E-state index contributed by atoms with van der Waals surface area (Å²) in [6, 6.07) is 16.8. The normalized spacial score (nSPS) is 11.7. The molecule has 2 aromatic carbocycles. The van der Waals surface area contributed by atoms with Crippen LogP contribution in [0.2, 0.25) is 0 Å². The summed E-state index contributed by atoms with van der Waals surface area (Å²) >= 11 is 0. The number of amides is 1. The zero-order chi connectivity index (χ0) is 20.6. The smallest absolute Gasteiger partial charge is 0.265 e. The van der Waals surface area contributed by atoms with E-state index in [1.54, 1.807) is 24.3 Å². The fraction of sp³-hybridized carbons (Fsp3) is 0.273. The van der Waals surface area contributed by atoms with Gasteiger partial charge in [-0.25, -0.2) is 0 Å². The van der Waals surface area contributed by atoms with Crippen molar-refractivity contribution in [2.45, 2.75) is 19.4 Å². The SMILES string of the molecule is COc1cccc(OC)c1C(=O)Nc1cc(CCOC(C)c2ccccc2)no1. The molecule has 0 aliphatic heterocycles. The first-order chi connectivity index (χ1) is 14.1. The lowest BCUT2D eigenvalue weighted by Gasteiger charge is -2.12. The summed E-state index contributed by atoms with van der Waals surface area (Å²) in [6.07, 6.45) is 0.550. The second kappa shape index (κ2) is 9.75.